The van der Waals surface area contributed by atoms with Crippen molar-refractivity contribution in [3.05, 3.63) is 206 Å². The maximum Gasteiger partial charge on any atom is 0.167 e. The Bertz CT molecular complexity index is 3500. The van der Waals surface area contributed by atoms with E-state index in [0.29, 0.717) is 17.5 Å². The van der Waals surface area contributed by atoms with Crippen molar-refractivity contribution in [2.45, 2.75) is 0 Å². The minimum Gasteiger partial charge on any atom is -0.455 e. The highest BCUT2D eigenvalue weighted by Gasteiger charge is 2.23. The van der Waals surface area contributed by atoms with Gasteiger partial charge >= 0.3 is 0 Å². The van der Waals surface area contributed by atoms with Gasteiger partial charge in [-0.1, -0.05) is 158 Å². The molecule has 12 aromatic rings. The summed E-state index contributed by atoms with van der Waals surface area (Å²) in [5.41, 5.74) is 11.8. The van der Waals surface area contributed by atoms with Gasteiger partial charge in [0.2, 0.25) is 0 Å². The van der Waals surface area contributed by atoms with Crippen molar-refractivity contribution < 1.29 is 4.42 Å². The van der Waals surface area contributed by atoms with Gasteiger partial charge in [-0.2, -0.15) is 0 Å². The van der Waals surface area contributed by atoms with Crippen LogP contribution < -0.4 is 0 Å². The van der Waals surface area contributed by atoms with E-state index in [2.05, 4.69) is 187 Å². The molecule has 0 unspecified atom stereocenters. The summed E-state index contributed by atoms with van der Waals surface area (Å²) in [5.74, 6) is 1.70. The second-order valence-electron chi connectivity index (χ2n) is 15.2. The lowest BCUT2D eigenvalue weighted by atomic mass is 10.0. The lowest BCUT2D eigenvalue weighted by Gasteiger charge is -2.13. The molecule has 5 heteroatoms. The van der Waals surface area contributed by atoms with Gasteiger partial charge in [-0.05, 0) is 81.6 Å². The minimum absolute atomic E-state index is 0.536. The summed E-state index contributed by atoms with van der Waals surface area (Å²) in [6.45, 7) is 0. The van der Waals surface area contributed by atoms with E-state index in [9.17, 15) is 0 Å². The average Bonchev–Trinajstić information content (AvgIpc) is 3.87. The van der Waals surface area contributed by atoms with Gasteiger partial charge in [0, 0.05) is 27.3 Å². The van der Waals surface area contributed by atoms with E-state index in [1.165, 1.54) is 21.5 Å². The predicted octanol–water partition coefficient (Wildman–Crippen LogP) is 14.4. The first-order chi connectivity index (χ1) is 29.7. The summed E-state index contributed by atoms with van der Waals surface area (Å²) in [6, 6.07) is 72.1. The number of rotatable bonds is 6. The molecule has 0 fully saturated rings. The SMILES string of the molecule is c1ccc(-c2cccc(-c3nc(-c4cccc(-c5ccccc5)c4)nc(-c4ccc(-n5c6ccccc6c6cc7ccccc7cc65)c5c4oc4ccccc45)n3)c2)cc1. The maximum absolute atomic E-state index is 6.90. The van der Waals surface area contributed by atoms with Crippen LogP contribution in [0.15, 0.2) is 211 Å². The fourth-order valence-corrected chi connectivity index (χ4v) is 8.78. The standard InChI is InChI=1S/C55H34N4O/c1-3-15-35(16-4-1)37-21-13-23-41(31-37)53-56-54(42-24-14-22-38(32-42)36-17-5-2-6-18-36)58-55(57-53)45-29-30-48(51-44-26-10-12-28-50(44)60-52(45)51)59-47-27-11-9-25-43(47)46-33-39-19-7-8-20-40(39)34-49(46)59/h1-34H. The van der Waals surface area contributed by atoms with E-state index in [-0.39, 0.29) is 0 Å². The number of hydrogen-bond donors (Lipinski definition) is 0. The Morgan fingerprint density at radius 3 is 1.57 bits per heavy atom. The third-order valence-electron chi connectivity index (χ3n) is 11.6. The fourth-order valence-electron chi connectivity index (χ4n) is 8.78. The number of furan rings is 1. The number of nitrogens with zero attached hydrogens (tertiary/aromatic N) is 4. The Kier molecular flexibility index (Phi) is 7.78. The molecule has 12 rings (SSSR count). The van der Waals surface area contributed by atoms with E-state index >= 15 is 0 Å². The van der Waals surface area contributed by atoms with Gasteiger partial charge in [0.05, 0.1) is 27.7 Å². The molecular formula is C55H34N4O. The van der Waals surface area contributed by atoms with Crippen molar-refractivity contribution in [1.82, 2.24) is 19.5 Å². The van der Waals surface area contributed by atoms with Crippen molar-refractivity contribution in [2.75, 3.05) is 0 Å². The van der Waals surface area contributed by atoms with Crippen LogP contribution in [-0.4, -0.2) is 19.5 Å². The third kappa shape index (κ3) is 5.59. The Morgan fingerprint density at radius 1 is 0.350 bits per heavy atom. The van der Waals surface area contributed by atoms with Gasteiger partial charge in [-0.15, -0.1) is 0 Å². The fraction of sp³-hybridized carbons (Fsp3) is 0. The Morgan fingerprint density at radius 2 is 0.883 bits per heavy atom. The molecule has 0 radical (unpaired) electrons. The summed E-state index contributed by atoms with van der Waals surface area (Å²) < 4.78 is 9.29. The van der Waals surface area contributed by atoms with Crippen LogP contribution in [-0.2, 0) is 0 Å². The van der Waals surface area contributed by atoms with Crippen LogP contribution in [0.2, 0.25) is 0 Å². The highest BCUT2D eigenvalue weighted by atomic mass is 16.3. The smallest absolute Gasteiger partial charge is 0.167 e. The van der Waals surface area contributed by atoms with Crippen molar-refractivity contribution in [3.63, 3.8) is 0 Å². The molecule has 0 aliphatic heterocycles. The van der Waals surface area contributed by atoms with Crippen LogP contribution >= 0.6 is 0 Å². The summed E-state index contributed by atoms with van der Waals surface area (Å²) in [7, 11) is 0. The molecule has 0 aliphatic rings. The van der Waals surface area contributed by atoms with E-state index in [1.807, 2.05) is 24.3 Å². The van der Waals surface area contributed by atoms with E-state index < -0.39 is 0 Å². The van der Waals surface area contributed by atoms with Crippen LogP contribution in [0.4, 0.5) is 0 Å². The monoisotopic (exact) mass is 766 g/mol. The van der Waals surface area contributed by atoms with Gasteiger partial charge < -0.3 is 8.98 Å². The van der Waals surface area contributed by atoms with Crippen molar-refractivity contribution >= 4 is 54.5 Å². The van der Waals surface area contributed by atoms with Gasteiger partial charge in [-0.25, -0.2) is 15.0 Å². The van der Waals surface area contributed by atoms with Crippen LogP contribution in [0, 0.1) is 0 Å². The quantitative estimate of drug-likeness (QED) is 0.169. The molecule has 60 heavy (non-hydrogen) atoms. The molecule has 0 spiro atoms. The molecule has 5 nitrogen and oxygen atoms in total. The van der Waals surface area contributed by atoms with E-state index in [4.69, 9.17) is 19.4 Å². The number of fused-ring (bicyclic) bond motifs is 7. The summed E-state index contributed by atoms with van der Waals surface area (Å²) in [4.78, 5) is 15.7. The lowest BCUT2D eigenvalue weighted by molar-refractivity contribution is 0.669. The normalized spacial score (nSPS) is 11.7. The van der Waals surface area contributed by atoms with Crippen LogP contribution in [0.5, 0.6) is 0 Å². The van der Waals surface area contributed by atoms with Crippen molar-refractivity contribution in [3.8, 4) is 62.1 Å². The topological polar surface area (TPSA) is 56.7 Å². The molecule has 0 N–H and O–H groups in total. The first-order valence-electron chi connectivity index (χ1n) is 20.2. The first kappa shape index (κ1) is 33.9. The highest BCUT2D eigenvalue weighted by Crippen LogP contribution is 2.43. The Hall–Kier alpha value is -8.15. The Labute approximate surface area is 345 Å². The zero-order valence-electron chi connectivity index (χ0n) is 32.3. The first-order valence-corrected chi connectivity index (χ1v) is 20.2. The largest absolute Gasteiger partial charge is 0.455 e. The molecule has 0 aliphatic carbocycles. The third-order valence-corrected chi connectivity index (χ3v) is 11.6. The predicted molar refractivity (Wildman–Crippen MR) is 246 cm³/mol. The second kappa shape index (κ2) is 13.8. The molecule has 0 saturated heterocycles. The van der Waals surface area contributed by atoms with Crippen LogP contribution in [0.25, 0.3) is 117 Å². The minimum atomic E-state index is 0.536. The number of benzene rings is 9. The molecule has 0 atom stereocenters. The molecule has 0 saturated carbocycles. The van der Waals surface area contributed by atoms with E-state index in [1.54, 1.807) is 0 Å². The number of aromatic nitrogens is 4. The van der Waals surface area contributed by atoms with Crippen LogP contribution in [0.1, 0.15) is 0 Å². The molecule has 280 valence electrons. The lowest BCUT2D eigenvalue weighted by Crippen LogP contribution is -2.01. The number of hydrogen-bond acceptors (Lipinski definition) is 4. The molecular weight excluding hydrogens is 733 g/mol. The Balaban J connectivity index is 1.12. The van der Waals surface area contributed by atoms with E-state index in [0.717, 1.165) is 77.6 Å². The average molecular weight is 767 g/mol. The van der Waals surface area contributed by atoms with Crippen LogP contribution in [0.3, 0.4) is 0 Å². The zero-order valence-corrected chi connectivity index (χ0v) is 32.3. The van der Waals surface area contributed by atoms with Gasteiger partial charge in [0.15, 0.2) is 17.5 Å². The zero-order chi connectivity index (χ0) is 39.6. The van der Waals surface area contributed by atoms with Gasteiger partial charge in [-0.3, -0.25) is 0 Å². The summed E-state index contributed by atoms with van der Waals surface area (Å²) >= 11 is 0. The van der Waals surface area contributed by atoms with Crippen molar-refractivity contribution in [2.24, 2.45) is 0 Å². The van der Waals surface area contributed by atoms with Gasteiger partial charge in [0.1, 0.15) is 11.2 Å². The second-order valence-corrected chi connectivity index (χ2v) is 15.2. The molecule has 0 bridgehead atoms. The maximum atomic E-state index is 6.90. The summed E-state index contributed by atoms with van der Waals surface area (Å²) in [5, 5.41) is 6.84. The molecule has 3 heterocycles. The molecule has 3 aromatic heterocycles. The highest BCUT2D eigenvalue weighted by molar-refractivity contribution is 6.18. The molecule has 9 aromatic carbocycles. The van der Waals surface area contributed by atoms with Gasteiger partial charge in [0.25, 0.3) is 0 Å². The summed E-state index contributed by atoms with van der Waals surface area (Å²) in [6.07, 6.45) is 0. The molecule has 0 amide bonds. The van der Waals surface area contributed by atoms with Crippen molar-refractivity contribution in [1.29, 1.82) is 0 Å². The number of para-hydroxylation sites is 2.